The van der Waals surface area contributed by atoms with Gasteiger partial charge in [-0.2, -0.15) is 0 Å². The molecule has 1 amide bonds. The maximum Gasteiger partial charge on any atom is 0.326 e. The average molecular weight is 254 g/mol. The highest BCUT2D eigenvalue weighted by atomic mass is 32.1. The molecule has 2 rings (SSSR count). The van der Waals surface area contributed by atoms with Crippen molar-refractivity contribution in [2.24, 2.45) is 5.92 Å². The SMILES string of the molecule is Cc1ncsc1C(=O)N1CCC(C)C1C(=O)O. The number of thiazole rings is 1. The molecule has 1 aromatic heterocycles. The van der Waals surface area contributed by atoms with Gasteiger partial charge in [0.25, 0.3) is 5.91 Å². The topological polar surface area (TPSA) is 70.5 Å². The molecule has 1 N–H and O–H groups in total. The number of aromatic nitrogens is 1. The number of aliphatic carboxylic acids is 1. The van der Waals surface area contributed by atoms with E-state index in [1.165, 1.54) is 16.2 Å². The van der Waals surface area contributed by atoms with Gasteiger partial charge in [0.2, 0.25) is 0 Å². The van der Waals surface area contributed by atoms with Crippen LogP contribution in [0.4, 0.5) is 0 Å². The molecule has 0 spiro atoms. The Morgan fingerprint density at radius 2 is 2.29 bits per heavy atom. The largest absolute Gasteiger partial charge is 0.480 e. The fourth-order valence-electron chi connectivity index (χ4n) is 2.19. The van der Waals surface area contributed by atoms with Crippen LogP contribution in [0.5, 0.6) is 0 Å². The van der Waals surface area contributed by atoms with E-state index in [0.29, 0.717) is 17.1 Å². The summed E-state index contributed by atoms with van der Waals surface area (Å²) in [4.78, 5) is 29.4. The number of carbonyl (C=O) groups excluding carboxylic acids is 1. The molecule has 6 heteroatoms. The third-order valence-corrected chi connectivity index (χ3v) is 4.07. The molecule has 2 atom stereocenters. The molecule has 2 heterocycles. The van der Waals surface area contributed by atoms with Crippen LogP contribution >= 0.6 is 11.3 Å². The normalized spacial score (nSPS) is 24.0. The van der Waals surface area contributed by atoms with Crippen molar-refractivity contribution in [3.8, 4) is 0 Å². The van der Waals surface area contributed by atoms with Gasteiger partial charge in [0.1, 0.15) is 10.9 Å². The number of carbonyl (C=O) groups is 2. The lowest BCUT2D eigenvalue weighted by Crippen LogP contribution is -2.42. The van der Waals surface area contributed by atoms with Crippen LogP contribution in [-0.2, 0) is 4.79 Å². The minimum Gasteiger partial charge on any atom is -0.480 e. The second kappa shape index (κ2) is 4.44. The van der Waals surface area contributed by atoms with Crippen molar-refractivity contribution >= 4 is 23.2 Å². The Kier molecular flexibility index (Phi) is 3.15. The van der Waals surface area contributed by atoms with E-state index in [4.69, 9.17) is 5.11 Å². The standard InChI is InChI=1S/C11H14N2O3S/c1-6-3-4-13(8(6)11(15)16)10(14)9-7(2)12-5-17-9/h5-6,8H,3-4H2,1-2H3,(H,15,16). The third kappa shape index (κ3) is 2.04. The van der Waals surface area contributed by atoms with Gasteiger partial charge in [-0.1, -0.05) is 6.92 Å². The van der Waals surface area contributed by atoms with Crippen molar-refractivity contribution in [1.82, 2.24) is 9.88 Å². The first kappa shape index (κ1) is 12.0. The number of rotatable bonds is 2. The Morgan fingerprint density at radius 1 is 1.59 bits per heavy atom. The van der Waals surface area contributed by atoms with Crippen molar-refractivity contribution in [1.29, 1.82) is 0 Å². The minimum absolute atomic E-state index is 0.00433. The Labute approximate surface area is 103 Å². The summed E-state index contributed by atoms with van der Waals surface area (Å²) in [6.45, 7) is 4.14. The Bertz CT molecular complexity index is 457. The van der Waals surface area contributed by atoms with Crippen LogP contribution in [0.1, 0.15) is 28.7 Å². The Balaban J connectivity index is 2.26. The first-order valence-electron chi connectivity index (χ1n) is 5.46. The number of carboxylic acid groups (broad SMARTS) is 1. The van der Waals surface area contributed by atoms with Crippen LogP contribution in [0, 0.1) is 12.8 Å². The molecular formula is C11H14N2O3S. The summed E-state index contributed by atoms with van der Waals surface area (Å²) in [6, 6.07) is -0.705. The number of aryl methyl sites for hydroxylation is 1. The van der Waals surface area contributed by atoms with E-state index < -0.39 is 12.0 Å². The highest BCUT2D eigenvalue weighted by Gasteiger charge is 2.40. The lowest BCUT2D eigenvalue weighted by atomic mass is 10.0. The fraction of sp³-hybridized carbons (Fsp3) is 0.545. The predicted molar refractivity (Wildman–Crippen MR) is 63.1 cm³/mol. The van der Waals surface area contributed by atoms with Crippen molar-refractivity contribution < 1.29 is 14.7 Å². The highest BCUT2D eigenvalue weighted by molar-refractivity contribution is 7.11. The van der Waals surface area contributed by atoms with E-state index in [9.17, 15) is 9.59 Å². The number of nitrogens with zero attached hydrogens (tertiary/aromatic N) is 2. The molecule has 0 saturated carbocycles. The van der Waals surface area contributed by atoms with Crippen molar-refractivity contribution in [2.45, 2.75) is 26.3 Å². The van der Waals surface area contributed by atoms with Gasteiger partial charge < -0.3 is 10.0 Å². The van der Waals surface area contributed by atoms with Crippen LogP contribution in [0.3, 0.4) is 0 Å². The Morgan fingerprint density at radius 3 is 2.82 bits per heavy atom. The van der Waals surface area contributed by atoms with E-state index in [1.54, 1.807) is 12.4 Å². The molecule has 1 aliphatic rings. The summed E-state index contributed by atoms with van der Waals surface area (Å²) in [5, 5.41) is 9.16. The molecule has 2 unspecified atom stereocenters. The number of hydrogen-bond acceptors (Lipinski definition) is 4. The van der Waals surface area contributed by atoms with Gasteiger partial charge in [0.05, 0.1) is 11.2 Å². The lowest BCUT2D eigenvalue weighted by molar-refractivity contribution is -0.142. The lowest BCUT2D eigenvalue weighted by Gasteiger charge is -2.22. The first-order valence-corrected chi connectivity index (χ1v) is 6.34. The average Bonchev–Trinajstić information content (AvgIpc) is 2.83. The summed E-state index contributed by atoms with van der Waals surface area (Å²) in [7, 11) is 0. The number of hydrogen-bond donors (Lipinski definition) is 1. The first-order chi connectivity index (χ1) is 8.02. The van der Waals surface area contributed by atoms with Crippen LogP contribution in [0.25, 0.3) is 0 Å². The summed E-state index contributed by atoms with van der Waals surface area (Å²) in [5.74, 6) is -1.13. The molecule has 1 aromatic rings. The predicted octanol–water partition coefficient (Wildman–Crippen LogP) is 1.39. The second-order valence-electron chi connectivity index (χ2n) is 4.31. The Hall–Kier alpha value is -1.43. The molecule has 1 fully saturated rings. The molecule has 0 aromatic carbocycles. The van der Waals surface area contributed by atoms with E-state index in [1.807, 2.05) is 6.92 Å². The summed E-state index contributed by atoms with van der Waals surface area (Å²) in [5.41, 5.74) is 2.28. The van der Waals surface area contributed by atoms with E-state index in [-0.39, 0.29) is 11.8 Å². The summed E-state index contributed by atoms with van der Waals surface area (Å²) in [6.07, 6.45) is 0.737. The molecule has 0 radical (unpaired) electrons. The monoisotopic (exact) mass is 254 g/mol. The van der Waals surface area contributed by atoms with Gasteiger partial charge in [-0.15, -0.1) is 11.3 Å². The summed E-state index contributed by atoms with van der Waals surface area (Å²) >= 11 is 1.26. The van der Waals surface area contributed by atoms with Gasteiger partial charge in [0.15, 0.2) is 0 Å². The minimum atomic E-state index is -0.925. The van der Waals surface area contributed by atoms with Crippen molar-refractivity contribution in [2.75, 3.05) is 6.54 Å². The molecule has 1 saturated heterocycles. The van der Waals surface area contributed by atoms with Gasteiger partial charge in [-0.25, -0.2) is 9.78 Å². The van der Waals surface area contributed by atoms with Gasteiger partial charge in [0, 0.05) is 6.54 Å². The maximum absolute atomic E-state index is 12.2. The van der Waals surface area contributed by atoms with Crippen LogP contribution in [0.2, 0.25) is 0 Å². The molecule has 0 bridgehead atoms. The van der Waals surface area contributed by atoms with Crippen molar-refractivity contribution in [3.05, 3.63) is 16.1 Å². The third-order valence-electron chi connectivity index (χ3n) is 3.15. The van der Waals surface area contributed by atoms with Gasteiger partial charge in [-0.3, -0.25) is 4.79 Å². The molecule has 92 valence electrons. The van der Waals surface area contributed by atoms with Crippen LogP contribution in [-0.4, -0.2) is 39.5 Å². The molecule has 17 heavy (non-hydrogen) atoms. The quantitative estimate of drug-likeness (QED) is 0.865. The van der Waals surface area contributed by atoms with E-state index >= 15 is 0 Å². The highest BCUT2D eigenvalue weighted by Crippen LogP contribution is 2.27. The summed E-state index contributed by atoms with van der Waals surface area (Å²) < 4.78 is 0. The number of likely N-dealkylation sites (tertiary alicyclic amines) is 1. The smallest absolute Gasteiger partial charge is 0.326 e. The molecular weight excluding hydrogens is 240 g/mol. The van der Waals surface area contributed by atoms with E-state index in [0.717, 1.165) is 6.42 Å². The van der Waals surface area contributed by atoms with Crippen LogP contribution < -0.4 is 0 Å². The molecule has 1 aliphatic heterocycles. The molecule has 0 aliphatic carbocycles. The zero-order chi connectivity index (χ0) is 12.6. The van der Waals surface area contributed by atoms with Gasteiger partial charge in [-0.05, 0) is 19.3 Å². The van der Waals surface area contributed by atoms with Crippen LogP contribution in [0.15, 0.2) is 5.51 Å². The number of amides is 1. The van der Waals surface area contributed by atoms with Gasteiger partial charge >= 0.3 is 5.97 Å². The zero-order valence-corrected chi connectivity index (χ0v) is 10.5. The zero-order valence-electron chi connectivity index (χ0n) is 9.71. The van der Waals surface area contributed by atoms with Crippen molar-refractivity contribution in [3.63, 3.8) is 0 Å². The number of carboxylic acids is 1. The maximum atomic E-state index is 12.2. The fourth-order valence-corrected chi connectivity index (χ4v) is 2.95. The second-order valence-corrected chi connectivity index (χ2v) is 5.17. The molecule has 5 nitrogen and oxygen atoms in total. The van der Waals surface area contributed by atoms with E-state index in [2.05, 4.69) is 4.98 Å².